The number of ether oxygens (including phenoxy) is 1. The van der Waals surface area contributed by atoms with Gasteiger partial charge < -0.3 is 19.3 Å². The van der Waals surface area contributed by atoms with Crippen LogP contribution in [0.4, 0.5) is 4.79 Å². The van der Waals surface area contributed by atoms with Crippen LogP contribution in [0.3, 0.4) is 0 Å². The maximum Gasteiger partial charge on any atom is 0.407 e. The van der Waals surface area contributed by atoms with E-state index in [1.54, 1.807) is 32.7 Å². The van der Waals surface area contributed by atoms with Crippen molar-refractivity contribution >= 4 is 29.3 Å². The SMILES string of the molecule is CSN1C=CN(CCOS(=O)NCCNC(=O)OC(C)(C)C)C1. The van der Waals surface area contributed by atoms with Crippen molar-refractivity contribution in [3.63, 3.8) is 0 Å². The molecular weight excluding hydrogens is 340 g/mol. The number of hydrogen-bond donors (Lipinski definition) is 2. The molecule has 0 bridgehead atoms. The summed E-state index contributed by atoms with van der Waals surface area (Å²) in [6.07, 6.45) is 5.47. The van der Waals surface area contributed by atoms with E-state index in [2.05, 4.69) is 19.2 Å². The first kappa shape index (κ1) is 20.1. The van der Waals surface area contributed by atoms with Crippen molar-refractivity contribution in [1.82, 2.24) is 19.2 Å². The highest BCUT2D eigenvalue weighted by atomic mass is 32.2. The molecule has 0 saturated carbocycles. The molecule has 0 aliphatic carbocycles. The van der Waals surface area contributed by atoms with Crippen molar-refractivity contribution in [1.29, 1.82) is 0 Å². The van der Waals surface area contributed by atoms with Crippen molar-refractivity contribution in [3.8, 4) is 0 Å². The summed E-state index contributed by atoms with van der Waals surface area (Å²) in [6.45, 7) is 7.83. The Balaban J connectivity index is 2.01. The van der Waals surface area contributed by atoms with Gasteiger partial charge in [-0.2, -0.15) is 0 Å². The van der Waals surface area contributed by atoms with Crippen LogP contribution in [-0.2, 0) is 20.2 Å². The molecule has 23 heavy (non-hydrogen) atoms. The van der Waals surface area contributed by atoms with Crippen LogP contribution >= 0.6 is 11.9 Å². The van der Waals surface area contributed by atoms with Crippen molar-refractivity contribution in [2.75, 3.05) is 39.2 Å². The van der Waals surface area contributed by atoms with Gasteiger partial charge in [-0.15, -0.1) is 0 Å². The smallest absolute Gasteiger partial charge is 0.407 e. The van der Waals surface area contributed by atoms with Crippen molar-refractivity contribution in [2.24, 2.45) is 0 Å². The zero-order chi connectivity index (χ0) is 17.3. The van der Waals surface area contributed by atoms with Crippen LogP contribution in [0.1, 0.15) is 20.8 Å². The fraction of sp³-hybridized carbons (Fsp3) is 0.769. The molecule has 134 valence electrons. The Bertz CT molecular complexity index is 429. The molecule has 0 saturated heterocycles. The monoisotopic (exact) mass is 366 g/mol. The lowest BCUT2D eigenvalue weighted by Crippen LogP contribution is -2.37. The van der Waals surface area contributed by atoms with Crippen molar-refractivity contribution < 1.29 is 17.9 Å². The molecule has 1 aliphatic rings. The Morgan fingerprint density at radius 2 is 2.09 bits per heavy atom. The normalized spacial score (nSPS) is 15.8. The molecule has 0 aromatic rings. The van der Waals surface area contributed by atoms with Crippen LogP contribution in [0, 0.1) is 0 Å². The Morgan fingerprint density at radius 3 is 2.70 bits per heavy atom. The standard InChI is InChI=1S/C13H26N4O4S2/c1-13(2,3)21-12(18)14-5-6-15-23(19)20-10-9-16-7-8-17(11-16)22-4/h7-8,15H,5-6,9-11H2,1-4H3,(H,14,18). The summed E-state index contributed by atoms with van der Waals surface area (Å²) < 4.78 is 26.6. The quantitative estimate of drug-likeness (QED) is 0.466. The summed E-state index contributed by atoms with van der Waals surface area (Å²) in [7, 11) is 0. The Hall–Kier alpha value is -0.970. The lowest BCUT2D eigenvalue weighted by Gasteiger charge is -2.19. The molecule has 10 heteroatoms. The summed E-state index contributed by atoms with van der Waals surface area (Å²) in [6, 6.07) is 0. The van der Waals surface area contributed by atoms with Crippen molar-refractivity contribution in [3.05, 3.63) is 12.4 Å². The first-order valence-electron chi connectivity index (χ1n) is 7.28. The molecule has 0 spiro atoms. The molecule has 1 atom stereocenters. The van der Waals surface area contributed by atoms with Crippen LogP contribution in [0.2, 0.25) is 0 Å². The number of rotatable bonds is 9. The minimum Gasteiger partial charge on any atom is -0.444 e. The summed E-state index contributed by atoms with van der Waals surface area (Å²) in [5.41, 5.74) is -0.528. The second-order valence-electron chi connectivity index (χ2n) is 5.73. The van der Waals surface area contributed by atoms with Gasteiger partial charge in [0.2, 0.25) is 11.3 Å². The molecule has 1 aliphatic heterocycles. The predicted octanol–water partition coefficient (Wildman–Crippen LogP) is 1.02. The van der Waals surface area contributed by atoms with Gasteiger partial charge in [-0.05, 0) is 20.8 Å². The van der Waals surface area contributed by atoms with Gasteiger partial charge in [0.15, 0.2) is 0 Å². The van der Waals surface area contributed by atoms with Crippen LogP contribution in [0.25, 0.3) is 0 Å². The molecule has 8 nitrogen and oxygen atoms in total. The first-order valence-corrected chi connectivity index (χ1v) is 9.54. The molecule has 1 heterocycles. The molecule has 1 amide bonds. The zero-order valence-corrected chi connectivity index (χ0v) is 15.7. The van der Waals surface area contributed by atoms with E-state index in [1.165, 1.54) is 0 Å². The van der Waals surface area contributed by atoms with Crippen LogP contribution in [0.5, 0.6) is 0 Å². The molecule has 0 aromatic heterocycles. The first-order chi connectivity index (χ1) is 10.8. The van der Waals surface area contributed by atoms with Gasteiger partial charge in [0.05, 0.1) is 13.3 Å². The lowest BCUT2D eigenvalue weighted by molar-refractivity contribution is 0.0529. The van der Waals surface area contributed by atoms with Gasteiger partial charge in [-0.3, -0.25) is 4.18 Å². The topological polar surface area (TPSA) is 83.1 Å². The maximum atomic E-state index is 11.6. The Kier molecular flexibility index (Phi) is 8.74. The third-order valence-corrected chi connectivity index (χ3v) is 4.11. The largest absolute Gasteiger partial charge is 0.444 e. The van der Waals surface area contributed by atoms with E-state index >= 15 is 0 Å². The molecule has 0 fully saturated rings. The molecule has 1 unspecified atom stereocenters. The van der Waals surface area contributed by atoms with E-state index in [-0.39, 0.29) is 0 Å². The highest BCUT2D eigenvalue weighted by molar-refractivity contribution is 7.96. The van der Waals surface area contributed by atoms with Gasteiger partial charge in [0, 0.05) is 38.3 Å². The number of carbonyl (C=O) groups excluding carboxylic acids is 1. The van der Waals surface area contributed by atoms with Gasteiger partial charge in [-0.25, -0.2) is 13.7 Å². The number of nitrogens with zero attached hydrogens (tertiary/aromatic N) is 2. The highest BCUT2D eigenvalue weighted by Gasteiger charge is 2.15. The third kappa shape index (κ3) is 9.69. The Morgan fingerprint density at radius 1 is 1.35 bits per heavy atom. The van der Waals surface area contributed by atoms with Crippen LogP contribution in [-0.4, -0.2) is 64.3 Å². The summed E-state index contributed by atoms with van der Waals surface area (Å²) in [4.78, 5) is 13.5. The minimum atomic E-state index is -1.58. The van der Waals surface area contributed by atoms with Gasteiger partial charge in [-0.1, -0.05) is 11.9 Å². The summed E-state index contributed by atoms with van der Waals surface area (Å²) in [5, 5.41) is 2.57. The summed E-state index contributed by atoms with van der Waals surface area (Å²) >= 11 is 0.0660. The minimum absolute atomic E-state index is 0.307. The lowest BCUT2D eigenvalue weighted by atomic mass is 10.2. The number of alkyl carbamates (subject to hydrolysis) is 1. The number of amides is 1. The summed E-state index contributed by atoms with van der Waals surface area (Å²) in [5.74, 6) is 0. The van der Waals surface area contributed by atoms with Gasteiger partial charge in [0.25, 0.3) is 0 Å². The molecule has 0 aromatic carbocycles. The highest BCUT2D eigenvalue weighted by Crippen LogP contribution is 2.13. The van der Waals surface area contributed by atoms with E-state index in [0.29, 0.717) is 26.2 Å². The van der Waals surface area contributed by atoms with E-state index in [4.69, 9.17) is 8.92 Å². The molecular formula is C13H26N4O4S2. The third-order valence-electron chi connectivity index (χ3n) is 2.58. The zero-order valence-electron chi connectivity index (χ0n) is 14.0. The van der Waals surface area contributed by atoms with Crippen molar-refractivity contribution in [2.45, 2.75) is 26.4 Å². The number of nitrogens with one attached hydrogen (secondary N) is 2. The van der Waals surface area contributed by atoms with E-state index in [0.717, 1.165) is 6.67 Å². The van der Waals surface area contributed by atoms with Crippen LogP contribution < -0.4 is 10.0 Å². The number of carbonyl (C=O) groups is 1. The molecule has 0 radical (unpaired) electrons. The average molecular weight is 367 g/mol. The van der Waals surface area contributed by atoms with E-state index < -0.39 is 23.0 Å². The number of hydrogen-bond acceptors (Lipinski definition) is 7. The second-order valence-corrected chi connectivity index (χ2v) is 7.56. The van der Waals surface area contributed by atoms with Gasteiger partial charge in [0.1, 0.15) is 5.60 Å². The second kappa shape index (κ2) is 10.0. The Labute approximate surface area is 144 Å². The maximum absolute atomic E-state index is 11.6. The molecule has 1 rings (SSSR count). The fourth-order valence-corrected chi connectivity index (χ4v) is 2.61. The molecule has 2 N–H and O–H groups in total. The van der Waals surface area contributed by atoms with Gasteiger partial charge >= 0.3 is 6.09 Å². The predicted molar refractivity (Wildman–Crippen MR) is 92.4 cm³/mol. The fourth-order valence-electron chi connectivity index (χ4n) is 1.59. The van der Waals surface area contributed by atoms with E-state index in [9.17, 15) is 9.00 Å². The van der Waals surface area contributed by atoms with Crippen LogP contribution in [0.15, 0.2) is 12.4 Å². The van der Waals surface area contributed by atoms with E-state index in [1.807, 2.05) is 18.7 Å². The average Bonchev–Trinajstić information content (AvgIpc) is 2.90.